The van der Waals surface area contributed by atoms with E-state index in [1.54, 1.807) is 19.1 Å². The molecule has 0 saturated heterocycles. The van der Waals surface area contributed by atoms with Crippen LogP contribution in [0.5, 0.6) is 0 Å². The van der Waals surface area contributed by atoms with Crippen LogP contribution in [0.4, 0.5) is 4.39 Å². The van der Waals surface area contributed by atoms with Crippen molar-refractivity contribution in [2.75, 3.05) is 0 Å². The molecule has 0 aromatic heterocycles. The summed E-state index contributed by atoms with van der Waals surface area (Å²) in [6.45, 7) is 1.71. The zero-order valence-corrected chi connectivity index (χ0v) is 11.5. The lowest BCUT2D eigenvalue weighted by atomic mass is 9.80. The maximum Gasteiger partial charge on any atom is 0.166 e. The van der Waals surface area contributed by atoms with E-state index in [4.69, 9.17) is 0 Å². The number of aryl methyl sites for hydroxylation is 2. The second-order valence-electron chi connectivity index (χ2n) is 5.54. The van der Waals surface area contributed by atoms with Crippen molar-refractivity contribution in [2.45, 2.75) is 26.2 Å². The van der Waals surface area contributed by atoms with Gasteiger partial charge in [-0.2, -0.15) is 0 Å². The molecule has 0 amide bonds. The second kappa shape index (κ2) is 5.20. The van der Waals surface area contributed by atoms with Gasteiger partial charge in [0.1, 0.15) is 5.82 Å². The summed E-state index contributed by atoms with van der Waals surface area (Å²) in [6, 6.07) is 13.1. The van der Waals surface area contributed by atoms with Crippen LogP contribution < -0.4 is 0 Å². The fraction of sp³-hybridized carbons (Fsp3) is 0.278. The molecule has 0 saturated carbocycles. The van der Waals surface area contributed by atoms with E-state index in [1.165, 1.54) is 17.2 Å². The lowest BCUT2D eigenvalue weighted by Gasteiger charge is -2.23. The van der Waals surface area contributed by atoms with E-state index in [0.717, 1.165) is 19.3 Å². The van der Waals surface area contributed by atoms with Crippen molar-refractivity contribution in [3.63, 3.8) is 0 Å². The van der Waals surface area contributed by atoms with Crippen LogP contribution in [0.3, 0.4) is 0 Å². The third-order valence-electron chi connectivity index (χ3n) is 4.17. The van der Waals surface area contributed by atoms with Gasteiger partial charge in [-0.3, -0.25) is 4.79 Å². The molecule has 102 valence electrons. The zero-order valence-electron chi connectivity index (χ0n) is 11.5. The van der Waals surface area contributed by atoms with Gasteiger partial charge in [0.2, 0.25) is 0 Å². The number of carbonyl (C=O) groups is 1. The molecule has 2 aromatic carbocycles. The Morgan fingerprint density at radius 3 is 2.65 bits per heavy atom. The third kappa shape index (κ3) is 2.38. The lowest BCUT2D eigenvalue weighted by molar-refractivity contribution is 0.0908. The highest BCUT2D eigenvalue weighted by molar-refractivity contribution is 5.98. The average molecular weight is 268 g/mol. The summed E-state index contributed by atoms with van der Waals surface area (Å²) in [5, 5.41) is 0. The van der Waals surface area contributed by atoms with Crippen molar-refractivity contribution in [2.24, 2.45) is 5.92 Å². The van der Waals surface area contributed by atoms with E-state index in [2.05, 4.69) is 12.1 Å². The Bertz CT molecular complexity index is 660. The first kappa shape index (κ1) is 13.0. The number of halogens is 1. The number of ketones is 1. The summed E-state index contributed by atoms with van der Waals surface area (Å²) in [4.78, 5) is 12.5. The van der Waals surface area contributed by atoms with Crippen LogP contribution in [0.15, 0.2) is 42.5 Å². The van der Waals surface area contributed by atoms with Gasteiger partial charge >= 0.3 is 0 Å². The van der Waals surface area contributed by atoms with E-state index >= 15 is 0 Å². The van der Waals surface area contributed by atoms with Crippen LogP contribution in [0.1, 0.15) is 33.5 Å². The highest BCUT2D eigenvalue weighted by Gasteiger charge is 2.25. The van der Waals surface area contributed by atoms with E-state index in [1.807, 2.05) is 12.1 Å². The summed E-state index contributed by atoms with van der Waals surface area (Å²) < 4.78 is 13.6. The Hall–Kier alpha value is -1.96. The van der Waals surface area contributed by atoms with Crippen molar-refractivity contribution >= 4 is 5.78 Å². The molecular weight excluding hydrogens is 251 g/mol. The van der Waals surface area contributed by atoms with Gasteiger partial charge < -0.3 is 0 Å². The van der Waals surface area contributed by atoms with E-state index in [0.29, 0.717) is 11.1 Å². The summed E-state index contributed by atoms with van der Waals surface area (Å²) >= 11 is 0. The zero-order chi connectivity index (χ0) is 14.1. The molecule has 0 aliphatic heterocycles. The molecule has 2 aromatic rings. The van der Waals surface area contributed by atoms with Crippen LogP contribution in [0.2, 0.25) is 0 Å². The molecule has 1 aliphatic rings. The summed E-state index contributed by atoms with van der Waals surface area (Å²) in [5.74, 6) is -0.252. The molecule has 3 rings (SSSR count). The van der Waals surface area contributed by atoms with Gasteiger partial charge in [-0.05, 0) is 48.9 Å². The molecule has 0 spiro atoms. The van der Waals surface area contributed by atoms with E-state index < -0.39 is 0 Å². The van der Waals surface area contributed by atoms with E-state index in [9.17, 15) is 9.18 Å². The predicted molar refractivity (Wildman–Crippen MR) is 77.4 cm³/mol. The Balaban J connectivity index is 1.84. The minimum absolute atomic E-state index is 0.0213. The lowest BCUT2D eigenvalue weighted by Crippen LogP contribution is -2.23. The van der Waals surface area contributed by atoms with Crippen LogP contribution >= 0.6 is 0 Å². The molecule has 20 heavy (non-hydrogen) atoms. The molecule has 0 fully saturated rings. The maximum atomic E-state index is 13.6. The molecule has 0 radical (unpaired) electrons. The number of benzene rings is 2. The molecule has 1 nitrogen and oxygen atoms in total. The Morgan fingerprint density at radius 2 is 1.90 bits per heavy atom. The quantitative estimate of drug-likeness (QED) is 0.749. The maximum absolute atomic E-state index is 13.6. The van der Waals surface area contributed by atoms with Gasteiger partial charge in [0.05, 0.1) is 0 Å². The summed E-state index contributed by atoms with van der Waals surface area (Å²) in [6.07, 6.45) is 2.55. The number of Topliss-reactive ketones (excluding diaryl/α,β-unsaturated/α-hetero) is 1. The predicted octanol–water partition coefficient (Wildman–Crippen LogP) is 4.12. The first-order chi connectivity index (χ1) is 9.65. The van der Waals surface area contributed by atoms with Crippen LogP contribution in [0.25, 0.3) is 0 Å². The van der Waals surface area contributed by atoms with Crippen molar-refractivity contribution in [1.29, 1.82) is 0 Å². The average Bonchev–Trinajstić information content (AvgIpc) is 2.49. The van der Waals surface area contributed by atoms with Gasteiger partial charge in [-0.1, -0.05) is 36.4 Å². The Morgan fingerprint density at radius 1 is 1.15 bits per heavy atom. The fourth-order valence-electron chi connectivity index (χ4n) is 2.90. The van der Waals surface area contributed by atoms with Gasteiger partial charge in [0.25, 0.3) is 0 Å². The van der Waals surface area contributed by atoms with Crippen molar-refractivity contribution in [1.82, 2.24) is 0 Å². The molecule has 2 heteroatoms. The van der Waals surface area contributed by atoms with Crippen molar-refractivity contribution < 1.29 is 9.18 Å². The monoisotopic (exact) mass is 268 g/mol. The highest BCUT2D eigenvalue weighted by atomic mass is 19.1. The second-order valence-corrected chi connectivity index (χ2v) is 5.54. The first-order valence-electron chi connectivity index (χ1n) is 7.02. The smallest absolute Gasteiger partial charge is 0.166 e. The number of fused-ring (bicyclic) bond motifs is 1. The minimum Gasteiger partial charge on any atom is -0.294 e. The van der Waals surface area contributed by atoms with Gasteiger partial charge in [0, 0.05) is 11.5 Å². The van der Waals surface area contributed by atoms with Crippen LogP contribution in [-0.4, -0.2) is 5.78 Å². The Kier molecular flexibility index (Phi) is 3.39. The largest absolute Gasteiger partial charge is 0.294 e. The van der Waals surface area contributed by atoms with Crippen molar-refractivity contribution in [3.8, 4) is 0 Å². The third-order valence-corrected chi connectivity index (χ3v) is 4.17. The number of rotatable bonds is 2. The topological polar surface area (TPSA) is 17.1 Å². The first-order valence-corrected chi connectivity index (χ1v) is 7.02. The molecule has 1 aliphatic carbocycles. The van der Waals surface area contributed by atoms with Gasteiger partial charge in [0.15, 0.2) is 5.78 Å². The molecule has 0 heterocycles. The fourth-order valence-corrected chi connectivity index (χ4v) is 2.90. The molecular formula is C18H17FO. The minimum atomic E-state index is -0.299. The van der Waals surface area contributed by atoms with Gasteiger partial charge in [-0.15, -0.1) is 0 Å². The normalized spacial score (nSPS) is 17.6. The molecule has 0 bridgehead atoms. The SMILES string of the molecule is Cc1ccc(C(=O)C2CCc3ccccc3C2)cc1F. The van der Waals surface area contributed by atoms with E-state index in [-0.39, 0.29) is 17.5 Å². The molecule has 1 atom stereocenters. The van der Waals surface area contributed by atoms with Crippen LogP contribution in [0, 0.1) is 18.7 Å². The highest BCUT2D eigenvalue weighted by Crippen LogP contribution is 2.28. The number of hydrogen-bond donors (Lipinski definition) is 0. The van der Waals surface area contributed by atoms with Gasteiger partial charge in [-0.25, -0.2) is 4.39 Å². The summed E-state index contributed by atoms with van der Waals surface area (Å²) in [5.41, 5.74) is 3.67. The summed E-state index contributed by atoms with van der Waals surface area (Å²) in [7, 11) is 0. The molecule has 0 N–H and O–H groups in total. The number of hydrogen-bond acceptors (Lipinski definition) is 1. The molecule has 1 unspecified atom stereocenters. The number of carbonyl (C=O) groups excluding carboxylic acids is 1. The van der Waals surface area contributed by atoms with Crippen molar-refractivity contribution in [3.05, 3.63) is 70.5 Å². The Labute approximate surface area is 118 Å². The standard InChI is InChI=1S/C18H17FO/c1-12-6-7-16(11-17(12)19)18(20)15-9-8-13-4-2-3-5-14(13)10-15/h2-7,11,15H,8-10H2,1H3. The van der Waals surface area contributed by atoms with Crippen LogP contribution in [-0.2, 0) is 12.8 Å².